The molecule has 1 aromatic rings. The quantitative estimate of drug-likeness (QED) is 0.893. The predicted octanol–water partition coefficient (Wildman–Crippen LogP) is 1.52. The first kappa shape index (κ1) is 13.7. The molecule has 1 fully saturated rings. The van der Waals surface area contributed by atoms with Crippen molar-refractivity contribution >= 4 is 11.7 Å². The van der Waals surface area contributed by atoms with E-state index in [9.17, 15) is 9.90 Å². The van der Waals surface area contributed by atoms with Gasteiger partial charge in [0.25, 0.3) is 0 Å². The van der Waals surface area contributed by atoms with Crippen LogP contribution in [0.2, 0.25) is 0 Å². The van der Waals surface area contributed by atoms with Crippen molar-refractivity contribution in [2.24, 2.45) is 0 Å². The molecule has 1 aromatic heterocycles. The van der Waals surface area contributed by atoms with Gasteiger partial charge >= 0.3 is 5.97 Å². The highest BCUT2D eigenvalue weighted by Gasteiger charge is 2.21. The molecule has 6 nitrogen and oxygen atoms in total. The Morgan fingerprint density at radius 2 is 2.21 bits per heavy atom. The minimum Gasteiger partial charge on any atom is -0.476 e. The van der Waals surface area contributed by atoms with E-state index in [4.69, 9.17) is 4.74 Å². The standard InChI is InChI=1S/C13H19N3O3/c1-9(2)12-14-8-10(11(15-12)13(17)18)16-4-3-6-19-7-5-16/h8-9H,3-7H2,1-2H3,(H,17,18). The van der Waals surface area contributed by atoms with Crippen LogP contribution < -0.4 is 4.90 Å². The first-order chi connectivity index (χ1) is 9.09. The van der Waals surface area contributed by atoms with Gasteiger partial charge in [-0.3, -0.25) is 0 Å². The van der Waals surface area contributed by atoms with Crippen LogP contribution in [0.3, 0.4) is 0 Å². The molecule has 19 heavy (non-hydrogen) atoms. The molecule has 1 aliphatic heterocycles. The molecule has 0 aromatic carbocycles. The lowest BCUT2D eigenvalue weighted by Gasteiger charge is -2.23. The lowest BCUT2D eigenvalue weighted by Crippen LogP contribution is -2.28. The highest BCUT2D eigenvalue weighted by atomic mass is 16.5. The van der Waals surface area contributed by atoms with Crippen molar-refractivity contribution in [1.29, 1.82) is 0 Å². The number of hydrogen-bond donors (Lipinski definition) is 1. The van der Waals surface area contributed by atoms with Crippen molar-refractivity contribution in [2.45, 2.75) is 26.2 Å². The number of hydrogen-bond acceptors (Lipinski definition) is 5. The van der Waals surface area contributed by atoms with Crippen LogP contribution in [0.25, 0.3) is 0 Å². The van der Waals surface area contributed by atoms with Gasteiger partial charge in [-0.25, -0.2) is 14.8 Å². The Balaban J connectivity index is 2.35. The van der Waals surface area contributed by atoms with Crippen LogP contribution >= 0.6 is 0 Å². The summed E-state index contributed by atoms with van der Waals surface area (Å²) < 4.78 is 5.38. The monoisotopic (exact) mass is 265 g/mol. The number of carbonyl (C=O) groups is 1. The van der Waals surface area contributed by atoms with Crippen molar-refractivity contribution < 1.29 is 14.6 Å². The SMILES string of the molecule is CC(C)c1ncc(N2CCCOCC2)c(C(=O)O)n1. The molecule has 0 radical (unpaired) electrons. The second kappa shape index (κ2) is 5.97. The molecule has 2 heterocycles. The lowest BCUT2D eigenvalue weighted by molar-refractivity contribution is 0.0690. The third-order valence-corrected chi connectivity index (χ3v) is 3.07. The van der Waals surface area contributed by atoms with Crippen LogP contribution in [0.15, 0.2) is 6.20 Å². The zero-order valence-electron chi connectivity index (χ0n) is 11.3. The Labute approximate surface area is 112 Å². The number of nitrogens with zero attached hydrogens (tertiary/aromatic N) is 3. The van der Waals surface area contributed by atoms with Crippen LogP contribution in [-0.4, -0.2) is 47.3 Å². The normalized spacial score (nSPS) is 16.5. The summed E-state index contributed by atoms with van der Waals surface area (Å²) in [6.45, 7) is 6.64. The number of rotatable bonds is 3. The van der Waals surface area contributed by atoms with Gasteiger partial charge in [0.2, 0.25) is 0 Å². The second-order valence-corrected chi connectivity index (χ2v) is 4.87. The summed E-state index contributed by atoms with van der Waals surface area (Å²) in [5.74, 6) is -0.337. The van der Waals surface area contributed by atoms with Crippen LogP contribution in [0.4, 0.5) is 5.69 Å². The van der Waals surface area contributed by atoms with Gasteiger partial charge in [0, 0.05) is 25.6 Å². The zero-order chi connectivity index (χ0) is 13.8. The Morgan fingerprint density at radius 3 is 2.89 bits per heavy atom. The highest BCUT2D eigenvalue weighted by Crippen LogP contribution is 2.21. The van der Waals surface area contributed by atoms with Crippen molar-refractivity contribution in [2.75, 3.05) is 31.2 Å². The molecule has 104 valence electrons. The molecule has 0 spiro atoms. The van der Waals surface area contributed by atoms with Crippen molar-refractivity contribution in [3.05, 3.63) is 17.7 Å². The van der Waals surface area contributed by atoms with Gasteiger partial charge in [0.05, 0.1) is 18.5 Å². The predicted molar refractivity (Wildman–Crippen MR) is 70.7 cm³/mol. The fourth-order valence-corrected chi connectivity index (χ4v) is 2.04. The number of aromatic carboxylic acids is 1. The van der Waals surface area contributed by atoms with Crippen LogP contribution in [0.1, 0.15) is 42.5 Å². The summed E-state index contributed by atoms with van der Waals surface area (Å²) in [4.78, 5) is 21.8. The van der Waals surface area contributed by atoms with E-state index < -0.39 is 5.97 Å². The van der Waals surface area contributed by atoms with Crippen molar-refractivity contribution in [3.8, 4) is 0 Å². The summed E-state index contributed by atoms with van der Waals surface area (Å²) in [6.07, 6.45) is 2.50. The van der Waals surface area contributed by atoms with Gasteiger partial charge < -0.3 is 14.7 Å². The average molecular weight is 265 g/mol. The molecule has 1 saturated heterocycles. The maximum absolute atomic E-state index is 11.4. The molecule has 0 amide bonds. The summed E-state index contributed by atoms with van der Waals surface area (Å²) in [5.41, 5.74) is 0.669. The number of carboxylic acid groups (broad SMARTS) is 1. The summed E-state index contributed by atoms with van der Waals surface area (Å²) in [7, 11) is 0. The van der Waals surface area contributed by atoms with Crippen LogP contribution in [-0.2, 0) is 4.74 Å². The number of anilines is 1. The molecule has 0 atom stereocenters. The molecule has 0 aliphatic carbocycles. The minimum absolute atomic E-state index is 0.0839. The molecule has 0 unspecified atom stereocenters. The molecule has 2 rings (SSSR count). The van der Waals surface area contributed by atoms with Crippen LogP contribution in [0, 0.1) is 0 Å². The van der Waals surface area contributed by atoms with Gasteiger partial charge in [0.1, 0.15) is 5.82 Å². The largest absolute Gasteiger partial charge is 0.476 e. The first-order valence-corrected chi connectivity index (χ1v) is 6.52. The number of ether oxygens (including phenoxy) is 1. The number of carboxylic acids is 1. The van der Waals surface area contributed by atoms with Gasteiger partial charge in [-0.2, -0.15) is 0 Å². The van der Waals surface area contributed by atoms with Gasteiger partial charge in [-0.05, 0) is 6.42 Å². The van der Waals surface area contributed by atoms with E-state index in [2.05, 4.69) is 9.97 Å². The molecule has 0 saturated carbocycles. The third-order valence-electron chi connectivity index (χ3n) is 3.07. The fourth-order valence-electron chi connectivity index (χ4n) is 2.04. The maximum atomic E-state index is 11.4. The van der Waals surface area contributed by atoms with E-state index >= 15 is 0 Å². The third kappa shape index (κ3) is 3.20. The van der Waals surface area contributed by atoms with Crippen LogP contribution in [0.5, 0.6) is 0 Å². The smallest absolute Gasteiger partial charge is 0.356 e. The Kier molecular flexibility index (Phi) is 4.31. The van der Waals surface area contributed by atoms with Gasteiger partial charge in [0.15, 0.2) is 5.69 Å². The Hall–Kier alpha value is -1.69. The highest BCUT2D eigenvalue weighted by molar-refractivity contribution is 5.92. The Bertz CT molecular complexity index is 454. The van der Waals surface area contributed by atoms with E-state index in [0.29, 0.717) is 31.3 Å². The lowest BCUT2D eigenvalue weighted by atomic mass is 10.2. The van der Waals surface area contributed by atoms with E-state index in [1.807, 2.05) is 18.7 Å². The maximum Gasteiger partial charge on any atom is 0.356 e. The summed E-state index contributed by atoms with van der Waals surface area (Å²) in [6, 6.07) is 0. The first-order valence-electron chi connectivity index (χ1n) is 6.52. The van der Waals surface area contributed by atoms with Crippen molar-refractivity contribution in [3.63, 3.8) is 0 Å². The number of aromatic nitrogens is 2. The van der Waals surface area contributed by atoms with E-state index in [1.165, 1.54) is 0 Å². The molecule has 1 aliphatic rings. The Morgan fingerprint density at radius 1 is 1.42 bits per heavy atom. The summed E-state index contributed by atoms with van der Waals surface area (Å²) in [5, 5.41) is 9.32. The average Bonchev–Trinajstić information content (AvgIpc) is 2.66. The molecule has 6 heteroatoms. The topological polar surface area (TPSA) is 75.6 Å². The summed E-state index contributed by atoms with van der Waals surface area (Å²) >= 11 is 0. The van der Waals surface area contributed by atoms with Gasteiger partial charge in [-0.1, -0.05) is 13.8 Å². The molecular formula is C13H19N3O3. The minimum atomic E-state index is -1.01. The second-order valence-electron chi connectivity index (χ2n) is 4.87. The fraction of sp³-hybridized carbons (Fsp3) is 0.615. The van der Waals surface area contributed by atoms with E-state index in [-0.39, 0.29) is 11.6 Å². The molecule has 1 N–H and O–H groups in total. The van der Waals surface area contributed by atoms with Crippen molar-refractivity contribution in [1.82, 2.24) is 9.97 Å². The zero-order valence-corrected chi connectivity index (χ0v) is 11.3. The van der Waals surface area contributed by atoms with E-state index in [1.54, 1.807) is 6.20 Å². The molecular weight excluding hydrogens is 246 g/mol. The molecule has 0 bridgehead atoms. The van der Waals surface area contributed by atoms with E-state index in [0.717, 1.165) is 13.0 Å². The van der Waals surface area contributed by atoms with Gasteiger partial charge in [-0.15, -0.1) is 0 Å².